The van der Waals surface area contributed by atoms with E-state index >= 15 is 0 Å². The third-order valence-corrected chi connectivity index (χ3v) is 22.9. The third kappa shape index (κ3) is 12.3. The molecule has 10 aromatic carbocycles. The van der Waals surface area contributed by atoms with Crippen LogP contribution in [0.25, 0.3) is 225 Å². The van der Waals surface area contributed by atoms with Crippen molar-refractivity contribution in [3.05, 3.63) is 396 Å². The maximum atomic E-state index is 14.9. The molecule has 4 aliphatic heterocycles. The summed E-state index contributed by atoms with van der Waals surface area (Å²) in [5.41, 5.74) is 32.3. The SMILES string of the molecule is O=c1c2ccc(-c3cn(C4=Cc5nc4c(-c4ccccc4)c4ccc([nH]4)c(-c4ccccc4)c4nc(c(-c6ccccc6)c6ccc([nH]6)c5-c5ccccc5)C=C4)nn3)cc2oc2cc(-c3cn(C4=Cc5nc4c(-c4ccccc4)c4ccc([nH]4)c(-c4ccccc4)c4nc(c(-c6ccccc6)c6ccc([nH]6)c5-c5ccccc5)C=C4)nn3)ccc12. The zero-order chi connectivity index (χ0) is 80.0. The molecule has 0 fully saturated rings. The van der Waals surface area contributed by atoms with Crippen molar-refractivity contribution in [2.45, 2.75) is 0 Å². The molecule has 0 radical (unpaired) electrons. The molecular weight excluding hydrogens is 1490 g/mol. The van der Waals surface area contributed by atoms with Gasteiger partial charge in [0.2, 0.25) is 5.43 Å². The number of rotatable bonds is 12. The van der Waals surface area contributed by atoms with E-state index in [1.54, 1.807) is 21.5 Å². The van der Waals surface area contributed by atoms with Gasteiger partial charge in [-0.15, -0.1) is 10.2 Å². The fraction of sp³-hybridized carbons (Fsp3) is 0. The Hall–Kier alpha value is -16.9. The molecule has 13 heterocycles. The van der Waals surface area contributed by atoms with Gasteiger partial charge in [-0.25, -0.2) is 29.3 Å². The Kier molecular flexibility index (Phi) is 16.6. The Labute approximate surface area is 691 Å². The van der Waals surface area contributed by atoms with Gasteiger partial charge in [-0.05, 0) is 154 Å². The molecule has 16 heteroatoms. The molecule has 0 saturated heterocycles. The number of hydrogen-bond acceptors (Lipinski definition) is 10. The Bertz CT molecular complexity index is 7530. The smallest absolute Gasteiger partial charge is 0.200 e. The van der Waals surface area contributed by atoms with E-state index < -0.39 is 0 Å². The van der Waals surface area contributed by atoms with Crippen LogP contribution >= 0.6 is 0 Å². The third-order valence-electron chi connectivity index (χ3n) is 22.9. The molecule has 0 unspecified atom stereocenters. The monoisotopic (exact) mass is 1550 g/mol. The first kappa shape index (κ1) is 69.6. The van der Waals surface area contributed by atoms with Crippen molar-refractivity contribution >= 4 is 114 Å². The van der Waals surface area contributed by atoms with Gasteiger partial charge < -0.3 is 24.4 Å². The second-order valence-electron chi connectivity index (χ2n) is 30.2. The summed E-state index contributed by atoms with van der Waals surface area (Å²) in [7, 11) is 0. The van der Waals surface area contributed by atoms with Gasteiger partial charge in [0.15, 0.2) is 0 Å². The van der Waals surface area contributed by atoms with Crippen LogP contribution in [0, 0.1) is 0 Å². The molecule has 0 spiro atoms. The lowest BCUT2D eigenvalue weighted by Gasteiger charge is -2.09. The van der Waals surface area contributed by atoms with Crippen LogP contribution in [0.15, 0.2) is 349 Å². The van der Waals surface area contributed by atoms with Gasteiger partial charge in [0.1, 0.15) is 22.6 Å². The Morgan fingerprint density at radius 2 is 0.496 bits per heavy atom. The molecule has 0 saturated carbocycles. The normalized spacial score (nSPS) is 12.4. The Balaban J connectivity index is 0.669. The average Bonchev–Trinajstić information content (AvgIpc) is 1.66. The summed E-state index contributed by atoms with van der Waals surface area (Å²) < 4.78 is 10.5. The first-order valence-corrected chi connectivity index (χ1v) is 40.1. The van der Waals surface area contributed by atoms with Gasteiger partial charge >= 0.3 is 0 Å². The number of hydrogen-bond donors (Lipinski definition) is 4. The van der Waals surface area contributed by atoms with Crippen LogP contribution in [-0.4, -0.2) is 69.9 Å². The Morgan fingerprint density at radius 3 is 0.769 bits per heavy atom. The molecule has 0 amide bonds. The minimum Gasteiger partial charge on any atom is -0.456 e. The lowest BCUT2D eigenvalue weighted by atomic mass is 10.0. The summed E-state index contributed by atoms with van der Waals surface area (Å²) >= 11 is 0. The molecular formula is C105H66N14O2. The van der Waals surface area contributed by atoms with Gasteiger partial charge in [0.05, 0.1) is 80.1 Å². The molecule has 0 aliphatic carbocycles. The first-order chi connectivity index (χ1) is 59.9. The number of aromatic nitrogens is 14. The van der Waals surface area contributed by atoms with Crippen LogP contribution in [0.2, 0.25) is 0 Å². The van der Waals surface area contributed by atoms with Gasteiger partial charge in [-0.1, -0.05) is 265 Å². The number of benzene rings is 10. The molecule has 9 aromatic heterocycles. The lowest BCUT2D eigenvalue weighted by Crippen LogP contribution is -2.02. The van der Waals surface area contributed by atoms with E-state index in [9.17, 15) is 4.79 Å². The highest BCUT2D eigenvalue weighted by Gasteiger charge is 2.29. The van der Waals surface area contributed by atoms with Crippen LogP contribution < -0.4 is 5.43 Å². The maximum absolute atomic E-state index is 14.9. The second-order valence-corrected chi connectivity index (χ2v) is 30.2. The zero-order valence-electron chi connectivity index (χ0n) is 64.6. The summed E-state index contributed by atoms with van der Waals surface area (Å²) in [6.45, 7) is 0. The van der Waals surface area contributed by atoms with E-state index in [1.165, 1.54) is 0 Å². The zero-order valence-corrected chi connectivity index (χ0v) is 64.6. The highest BCUT2D eigenvalue weighted by Crippen LogP contribution is 2.45. The first-order valence-electron chi connectivity index (χ1n) is 40.1. The number of nitrogens with one attached hydrogen (secondary N) is 4. The molecule has 16 nitrogen and oxygen atoms in total. The van der Waals surface area contributed by atoms with Crippen LogP contribution in [0.1, 0.15) is 45.6 Å². The lowest BCUT2D eigenvalue weighted by molar-refractivity contribution is 0.660. The largest absolute Gasteiger partial charge is 0.456 e. The fourth-order valence-corrected chi connectivity index (χ4v) is 17.3. The van der Waals surface area contributed by atoms with Crippen molar-refractivity contribution in [2.75, 3.05) is 0 Å². The summed E-state index contributed by atoms with van der Waals surface area (Å²) in [6, 6.07) is 111. The quantitative estimate of drug-likeness (QED) is 0.0851. The van der Waals surface area contributed by atoms with E-state index in [0.29, 0.717) is 78.6 Å². The molecule has 568 valence electrons. The van der Waals surface area contributed by atoms with E-state index in [4.69, 9.17) is 45.0 Å². The van der Waals surface area contributed by atoms with Crippen LogP contribution in [0.4, 0.5) is 0 Å². The number of aromatic amines is 4. The summed E-state index contributed by atoms with van der Waals surface area (Å²) in [5.74, 6) is 0. The predicted molar refractivity (Wildman–Crippen MR) is 488 cm³/mol. The van der Waals surface area contributed by atoms with Crippen molar-refractivity contribution in [2.24, 2.45) is 0 Å². The van der Waals surface area contributed by atoms with E-state index in [-0.39, 0.29) is 5.43 Å². The molecule has 0 atom stereocenters. The number of H-pyrrole nitrogens is 4. The maximum Gasteiger partial charge on any atom is 0.200 e. The van der Waals surface area contributed by atoms with Crippen molar-refractivity contribution in [1.82, 2.24) is 69.9 Å². The van der Waals surface area contributed by atoms with Crippen molar-refractivity contribution in [3.8, 4) is 112 Å². The predicted octanol–water partition coefficient (Wildman–Crippen LogP) is 24.5. The summed E-state index contributed by atoms with van der Waals surface area (Å²) in [4.78, 5) is 53.1. The average molecular weight is 1560 g/mol. The minimum absolute atomic E-state index is 0.186. The fourth-order valence-electron chi connectivity index (χ4n) is 17.3. The van der Waals surface area contributed by atoms with Crippen molar-refractivity contribution in [3.63, 3.8) is 0 Å². The van der Waals surface area contributed by atoms with Crippen LogP contribution in [-0.2, 0) is 0 Å². The van der Waals surface area contributed by atoms with Gasteiger partial charge in [0, 0.05) is 99.8 Å². The summed E-state index contributed by atoms with van der Waals surface area (Å²) in [5, 5.41) is 20.6. The molecule has 16 bridgehead atoms. The second kappa shape index (κ2) is 28.9. The van der Waals surface area contributed by atoms with Gasteiger partial charge in [0.25, 0.3) is 0 Å². The van der Waals surface area contributed by atoms with E-state index in [2.05, 4.69) is 275 Å². The molecule has 23 rings (SSSR count). The van der Waals surface area contributed by atoms with Gasteiger partial charge in [-0.2, -0.15) is 0 Å². The molecule has 4 N–H and O–H groups in total. The van der Waals surface area contributed by atoms with Crippen LogP contribution in [0.3, 0.4) is 0 Å². The van der Waals surface area contributed by atoms with Gasteiger partial charge in [-0.3, -0.25) is 4.79 Å². The van der Waals surface area contributed by atoms with E-state index in [0.717, 1.165) is 156 Å². The van der Waals surface area contributed by atoms with E-state index in [1.807, 2.05) is 109 Å². The highest BCUT2D eigenvalue weighted by atomic mass is 16.3. The standard InChI is InChI=1S/C105H66N14O2/c120-105-73-43-41-71(89-61-118(116-114-89)91-59-87-99(67-33-17-5-18-34-67)83-51-49-79(108-83)95(63-25-9-1-10-26-63)75-45-47-77(106-75)97(65-29-13-3-14-30-65)81-53-55-85(110-81)101(103(91)112-87)69-37-21-7-22-38-69)57-93(73)121-94-58-72(42-44-74(94)105)90-62-119(117-115-90)92-60-88-100(68-35-19-6-20-36-68)84-52-50-80(109-84)96(64-27-11-2-12-28-64)76-46-48-78(107-76)98(66-31-15-4-16-32-66)82-54-56-86(111-82)102(104(92)113-88)70-39-23-8-24-40-70/h1-62,108-111H. The Morgan fingerprint density at radius 1 is 0.248 bits per heavy atom. The van der Waals surface area contributed by atoms with Crippen molar-refractivity contribution < 1.29 is 4.42 Å². The minimum atomic E-state index is -0.186. The molecule has 4 aliphatic rings. The number of fused-ring (bicyclic) bond motifs is 18. The number of nitrogens with zero attached hydrogens (tertiary/aromatic N) is 10. The molecule has 19 aromatic rings. The van der Waals surface area contributed by atoms with Crippen molar-refractivity contribution in [1.29, 1.82) is 0 Å². The summed E-state index contributed by atoms with van der Waals surface area (Å²) in [6.07, 6.45) is 16.5. The highest BCUT2D eigenvalue weighted by molar-refractivity contribution is 6.06. The van der Waals surface area contributed by atoms with Crippen LogP contribution in [0.5, 0.6) is 0 Å². The molecule has 121 heavy (non-hydrogen) atoms. The topological polar surface area (TPSA) is 206 Å².